The van der Waals surface area contributed by atoms with Crippen LogP contribution in [0, 0.1) is 6.92 Å². The van der Waals surface area contributed by atoms with E-state index in [1.807, 2.05) is 34.7 Å². The highest BCUT2D eigenvalue weighted by Gasteiger charge is 2.28. The Morgan fingerprint density at radius 1 is 1.29 bits per heavy atom. The Morgan fingerprint density at radius 2 is 2.04 bits per heavy atom. The van der Waals surface area contributed by atoms with Crippen molar-refractivity contribution in [2.45, 2.75) is 38.8 Å². The molecule has 2 heterocycles. The number of nitrogens with zero attached hydrogens (tertiary/aromatic N) is 3. The maximum atomic E-state index is 12.9. The number of rotatable bonds is 4. The summed E-state index contributed by atoms with van der Waals surface area (Å²) in [4.78, 5) is 14.8. The van der Waals surface area contributed by atoms with Gasteiger partial charge < -0.3 is 10.6 Å². The normalized spacial score (nSPS) is 17.4. The zero-order valence-corrected chi connectivity index (χ0v) is 14.8. The van der Waals surface area contributed by atoms with Crippen molar-refractivity contribution in [2.24, 2.45) is 5.73 Å². The summed E-state index contributed by atoms with van der Waals surface area (Å²) in [5, 5.41) is 4.42. The number of nitrogens with two attached hydrogens (primary N) is 1. The van der Waals surface area contributed by atoms with Crippen molar-refractivity contribution in [1.82, 2.24) is 14.7 Å². The molecule has 1 fully saturated rings. The molecule has 24 heavy (non-hydrogen) atoms. The Labute approximate surface area is 149 Å². The van der Waals surface area contributed by atoms with Crippen molar-refractivity contribution in [2.75, 3.05) is 13.1 Å². The van der Waals surface area contributed by atoms with Gasteiger partial charge in [-0.15, -0.1) is 12.4 Å². The number of benzene rings is 1. The summed E-state index contributed by atoms with van der Waals surface area (Å²) in [6.45, 7) is 3.97. The molecular weight excluding hydrogens is 324 g/mol. The summed E-state index contributed by atoms with van der Waals surface area (Å²) in [6.07, 6.45) is 4.90. The SMILES string of the molecule is Cc1c(C(=O)N2CCCCC2CN)cnn1Cc1ccccc1.Cl. The molecule has 1 aromatic heterocycles. The van der Waals surface area contributed by atoms with E-state index in [9.17, 15) is 4.79 Å². The summed E-state index contributed by atoms with van der Waals surface area (Å²) in [7, 11) is 0. The number of piperidine rings is 1. The van der Waals surface area contributed by atoms with Gasteiger partial charge >= 0.3 is 0 Å². The minimum atomic E-state index is 0. The van der Waals surface area contributed by atoms with Crippen molar-refractivity contribution in [1.29, 1.82) is 0 Å². The van der Waals surface area contributed by atoms with Crippen LogP contribution >= 0.6 is 12.4 Å². The molecule has 1 aromatic carbocycles. The minimum absolute atomic E-state index is 0. The third-order valence-electron chi connectivity index (χ3n) is 4.67. The van der Waals surface area contributed by atoms with Gasteiger partial charge in [0.25, 0.3) is 5.91 Å². The first-order chi connectivity index (χ1) is 11.2. The number of amides is 1. The van der Waals surface area contributed by atoms with E-state index in [0.29, 0.717) is 18.7 Å². The van der Waals surface area contributed by atoms with Crippen LogP contribution < -0.4 is 5.73 Å². The molecule has 130 valence electrons. The number of hydrogen-bond donors (Lipinski definition) is 1. The van der Waals surface area contributed by atoms with Crippen molar-refractivity contribution < 1.29 is 4.79 Å². The lowest BCUT2D eigenvalue weighted by Gasteiger charge is -2.35. The Bertz CT molecular complexity index is 671. The molecule has 0 radical (unpaired) electrons. The van der Waals surface area contributed by atoms with Crippen LogP contribution in [-0.4, -0.2) is 39.7 Å². The zero-order valence-electron chi connectivity index (χ0n) is 14.0. The van der Waals surface area contributed by atoms with Gasteiger partial charge in [-0.05, 0) is 31.7 Å². The Morgan fingerprint density at radius 3 is 2.75 bits per heavy atom. The molecule has 0 spiro atoms. The van der Waals surface area contributed by atoms with Crippen LogP contribution in [0.5, 0.6) is 0 Å². The molecule has 2 aromatic rings. The fourth-order valence-electron chi connectivity index (χ4n) is 3.24. The van der Waals surface area contributed by atoms with E-state index in [1.54, 1.807) is 6.20 Å². The van der Waals surface area contributed by atoms with E-state index >= 15 is 0 Å². The quantitative estimate of drug-likeness (QED) is 0.923. The van der Waals surface area contributed by atoms with Crippen molar-refractivity contribution in [3.05, 3.63) is 53.3 Å². The average Bonchev–Trinajstić information content (AvgIpc) is 2.96. The summed E-state index contributed by atoms with van der Waals surface area (Å²) in [5.74, 6) is 0.0666. The molecule has 5 nitrogen and oxygen atoms in total. The average molecular weight is 349 g/mol. The Balaban J connectivity index is 0.00000208. The number of hydrogen-bond acceptors (Lipinski definition) is 3. The maximum Gasteiger partial charge on any atom is 0.257 e. The van der Waals surface area contributed by atoms with Gasteiger partial charge in [-0.3, -0.25) is 9.48 Å². The van der Waals surface area contributed by atoms with Crippen LogP contribution in [0.25, 0.3) is 0 Å². The molecule has 2 N–H and O–H groups in total. The van der Waals surface area contributed by atoms with E-state index in [0.717, 1.165) is 31.5 Å². The third-order valence-corrected chi connectivity index (χ3v) is 4.67. The second kappa shape index (κ2) is 8.31. The number of carbonyl (C=O) groups is 1. The summed E-state index contributed by atoms with van der Waals surface area (Å²) in [6, 6.07) is 10.3. The highest BCUT2D eigenvalue weighted by atomic mass is 35.5. The van der Waals surface area contributed by atoms with Crippen LogP contribution in [0.3, 0.4) is 0 Å². The third kappa shape index (κ3) is 3.79. The fraction of sp³-hybridized carbons (Fsp3) is 0.444. The molecule has 0 bridgehead atoms. The second-order valence-electron chi connectivity index (χ2n) is 6.17. The monoisotopic (exact) mass is 348 g/mol. The van der Waals surface area contributed by atoms with Crippen LogP contribution in [0.4, 0.5) is 0 Å². The number of halogens is 1. The number of likely N-dealkylation sites (tertiary alicyclic amines) is 1. The molecule has 1 unspecified atom stereocenters. The van der Waals surface area contributed by atoms with E-state index in [-0.39, 0.29) is 24.4 Å². The van der Waals surface area contributed by atoms with Crippen molar-refractivity contribution >= 4 is 18.3 Å². The fourth-order valence-corrected chi connectivity index (χ4v) is 3.24. The molecule has 1 atom stereocenters. The summed E-state index contributed by atoms with van der Waals surface area (Å²) < 4.78 is 1.89. The predicted octanol–water partition coefficient (Wildman–Crippen LogP) is 2.62. The van der Waals surface area contributed by atoms with Crippen LogP contribution in [0.15, 0.2) is 36.5 Å². The van der Waals surface area contributed by atoms with Crippen molar-refractivity contribution in [3.63, 3.8) is 0 Å². The molecule has 0 saturated carbocycles. The Kier molecular flexibility index (Phi) is 6.40. The lowest BCUT2D eigenvalue weighted by Crippen LogP contribution is -2.47. The van der Waals surface area contributed by atoms with Gasteiger partial charge in [0.15, 0.2) is 0 Å². The number of aromatic nitrogens is 2. The molecule has 1 aliphatic rings. The molecule has 1 amide bonds. The zero-order chi connectivity index (χ0) is 16.2. The lowest BCUT2D eigenvalue weighted by atomic mass is 10.0. The van der Waals surface area contributed by atoms with Crippen molar-refractivity contribution in [3.8, 4) is 0 Å². The van der Waals surface area contributed by atoms with Gasteiger partial charge in [0, 0.05) is 24.8 Å². The minimum Gasteiger partial charge on any atom is -0.334 e. The molecule has 0 aliphatic carbocycles. The van der Waals surface area contributed by atoms with E-state index < -0.39 is 0 Å². The second-order valence-corrected chi connectivity index (χ2v) is 6.17. The van der Waals surface area contributed by atoms with E-state index in [2.05, 4.69) is 17.2 Å². The largest absolute Gasteiger partial charge is 0.334 e. The van der Waals surface area contributed by atoms with Gasteiger partial charge in [-0.1, -0.05) is 30.3 Å². The highest BCUT2D eigenvalue weighted by Crippen LogP contribution is 2.20. The standard InChI is InChI=1S/C18H24N4O.ClH/c1-14-17(18(23)21-10-6-5-9-16(21)11-19)12-20-22(14)13-15-7-3-2-4-8-15;/h2-4,7-8,12,16H,5-6,9-11,13,19H2,1H3;1H. The van der Waals surface area contributed by atoms with Gasteiger partial charge in [0.2, 0.25) is 0 Å². The summed E-state index contributed by atoms with van der Waals surface area (Å²) in [5.41, 5.74) is 8.63. The first-order valence-electron chi connectivity index (χ1n) is 8.28. The van der Waals surface area contributed by atoms with E-state index in [1.165, 1.54) is 5.56 Å². The smallest absolute Gasteiger partial charge is 0.257 e. The van der Waals surface area contributed by atoms with Crippen LogP contribution in [-0.2, 0) is 6.54 Å². The molecule has 6 heteroatoms. The first kappa shape index (κ1) is 18.5. The molecule has 1 aliphatic heterocycles. The van der Waals surface area contributed by atoms with E-state index in [4.69, 9.17) is 5.73 Å². The topological polar surface area (TPSA) is 64.2 Å². The number of carbonyl (C=O) groups excluding carboxylic acids is 1. The van der Waals surface area contributed by atoms with Gasteiger partial charge in [-0.25, -0.2) is 0 Å². The first-order valence-corrected chi connectivity index (χ1v) is 8.28. The van der Waals surface area contributed by atoms with Gasteiger partial charge in [0.05, 0.1) is 18.3 Å². The lowest BCUT2D eigenvalue weighted by molar-refractivity contribution is 0.0622. The van der Waals surface area contributed by atoms with Crippen LogP contribution in [0.1, 0.15) is 40.9 Å². The maximum absolute atomic E-state index is 12.9. The molecule has 1 saturated heterocycles. The van der Waals surface area contributed by atoms with Crippen LogP contribution in [0.2, 0.25) is 0 Å². The van der Waals surface area contributed by atoms with Gasteiger partial charge in [-0.2, -0.15) is 5.10 Å². The van der Waals surface area contributed by atoms with Gasteiger partial charge in [0.1, 0.15) is 0 Å². The molecule has 3 rings (SSSR count). The Hall–Kier alpha value is -1.85. The summed E-state index contributed by atoms with van der Waals surface area (Å²) >= 11 is 0. The molecular formula is C18H25ClN4O. The highest BCUT2D eigenvalue weighted by molar-refractivity contribution is 5.95. The predicted molar refractivity (Wildman–Crippen MR) is 97.5 cm³/mol.